The van der Waals surface area contributed by atoms with Crippen molar-refractivity contribution in [3.05, 3.63) is 101 Å². The number of hydrogen-bond acceptors (Lipinski definition) is 6. The Morgan fingerprint density at radius 3 is 2.20 bits per heavy atom. The maximum atomic E-state index is 12.7. The lowest BCUT2D eigenvalue weighted by atomic mass is 10.00. The summed E-state index contributed by atoms with van der Waals surface area (Å²) in [5.74, 6) is -0.969. The van der Waals surface area contributed by atoms with Crippen molar-refractivity contribution in [3.63, 3.8) is 0 Å². The molecule has 0 N–H and O–H groups in total. The first-order chi connectivity index (χ1) is 16.9. The van der Waals surface area contributed by atoms with E-state index in [-0.39, 0.29) is 10.5 Å². The van der Waals surface area contributed by atoms with Gasteiger partial charge in [-0.1, -0.05) is 48.5 Å². The fourth-order valence-corrected chi connectivity index (χ4v) is 5.31. The van der Waals surface area contributed by atoms with E-state index in [0.717, 1.165) is 12.0 Å². The monoisotopic (exact) mass is 493 g/mol. The van der Waals surface area contributed by atoms with Gasteiger partial charge in [0.15, 0.2) is 12.4 Å². The van der Waals surface area contributed by atoms with Gasteiger partial charge >= 0.3 is 5.97 Å². The van der Waals surface area contributed by atoms with Crippen LogP contribution in [-0.4, -0.2) is 57.4 Å². The van der Waals surface area contributed by atoms with Crippen molar-refractivity contribution in [2.45, 2.75) is 17.7 Å². The predicted octanol–water partition coefficient (Wildman–Crippen LogP) is 3.53. The van der Waals surface area contributed by atoms with Gasteiger partial charge in [0.25, 0.3) is 0 Å². The molecule has 0 atom stereocenters. The number of esters is 1. The number of ketones is 1. The highest BCUT2D eigenvalue weighted by Gasteiger charge is 2.26. The summed E-state index contributed by atoms with van der Waals surface area (Å²) < 4.78 is 37.3. The summed E-state index contributed by atoms with van der Waals surface area (Å²) in [7, 11) is -3.64. The van der Waals surface area contributed by atoms with Crippen LogP contribution in [0.2, 0.25) is 0 Å². The minimum absolute atomic E-state index is 0.111. The Morgan fingerprint density at radius 1 is 0.829 bits per heavy atom. The summed E-state index contributed by atoms with van der Waals surface area (Å²) in [4.78, 5) is 25.4. The molecular formula is C27H27NO6S. The molecule has 0 unspecified atom stereocenters. The minimum Gasteiger partial charge on any atom is -0.454 e. The molecule has 1 saturated heterocycles. The van der Waals surface area contributed by atoms with Crippen LogP contribution in [0.3, 0.4) is 0 Å². The van der Waals surface area contributed by atoms with Gasteiger partial charge in [-0.2, -0.15) is 4.31 Å². The number of nitrogens with zero attached hydrogens (tertiary/aromatic N) is 1. The molecule has 3 aromatic carbocycles. The van der Waals surface area contributed by atoms with Gasteiger partial charge in [-0.3, -0.25) is 4.79 Å². The zero-order chi connectivity index (χ0) is 24.7. The highest BCUT2D eigenvalue weighted by Crippen LogP contribution is 2.19. The van der Waals surface area contributed by atoms with Gasteiger partial charge in [0.05, 0.1) is 23.7 Å². The number of morpholine rings is 1. The van der Waals surface area contributed by atoms with Crippen LogP contribution in [0, 0.1) is 0 Å². The Hall–Kier alpha value is -3.33. The van der Waals surface area contributed by atoms with Crippen molar-refractivity contribution in [1.82, 2.24) is 4.31 Å². The van der Waals surface area contributed by atoms with Crippen LogP contribution in [-0.2, 0) is 32.3 Å². The van der Waals surface area contributed by atoms with E-state index in [0.29, 0.717) is 38.3 Å². The molecule has 0 bridgehead atoms. The largest absolute Gasteiger partial charge is 0.454 e. The van der Waals surface area contributed by atoms with Gasteiger partial charge in [0.1, 0.15) is 0 Å². The number of carbonyl (C=O) groups is 2. The molecule has 8 heteroatoms. The molecule has 0 amide bonds. The number of carbonyl (C=O) groups excluding carboxylic acids is 2. The average Bonchev–Trinajstić information content (AvgIpc) is 2.91. The molecule has 1 aliphatic heterocycles. The Bertz CT molecular complexity index is 1270. The molecule has 0 aromatic heterocycles. The van der Waals surface area contributed by atoms with E-state index in [2.05, 4.69) is 0 Å². The van der Waals surface area contributed by atoms with Crippen LogP contribution < -0.4 is 0 Å². The number of aryl methyl sites for hydroxylation is 2. The van der Waals surface area contributed by atoms with Gasteiger partial charge < -0.3 is 9.47 Å². The molecular weight excluding hydrogens is 466 g/mol. The first kappa shape index (κ1) is 24.8. The third kappa shape index (κ3) is 6.22. The SMILES string of the molecule is O=C(COC(=O)c1ccccc1CCc1ccccc1)c1ccc(S(=O)(=O)N2CCOCC2)cc1. The predicted molar refractivity (Wildman–Crippen MR) is 131 cm³/mol. The lowest BCUT2D eigenvalue weighted by Crippen LogP contribution is -2.40. The summed E-state index contributed by atoms with van der Waals surface area (Å²) in [5, 5.41) is 0. The van der Waals surface area contributed by atoms with Crippen molar-refractivity contribution in [2.24, 2.45) is 0 Å². The third-order valence-electron chi connectivity index (χ3n) is 5.88. The fraction of sp³-hybridized carbons (Fsp3) is 0.259. The molecule has 1 heterocycles. The zero-order valence-electron chi connectivity index (χ0n) is 19.3. The summed E-state index contributed by atoms with van der Waals surface area (Å²) in [6.07, 6.45) is 1.45. The van der Waals surface area contributed by atoms with Crippen LogP contribution in [0.25, 0.3) is 0 Å². The molecule has 182 valence electrons. The fourth-order valence-electron chi connectivity index (χ4n) is 3.90. The number of hydrogen-bond donors (Lipinski definition) is 0. The molecule has 0 saturated carbocycles. The van der Waals surface area contributed by atoms with Crippen molar-refractivity contribution in [2.75, 3.05) is 32.9 Å². The van der Waals surface area contributed by atoms with Crippen molar-refractivity contribution in [1.29, 1.82) is 0 Å². The smallest absolute Gasteiger partial charge is 0.338 e. The van der Waals surface area contributed by atoms with E-state index in [1.165, 1.54) is 34.1 Å². The normalized spacial score (nSPS) is 14.4. The molecule has 35 heavy (non-hydrogen) atoms. The average molecular weight is 494 g/mol. The van der Waals surface area contributed by atoms with Crippen LogP contribution in [0.4, 0.5) is 0 Å². The Kier molecular flexibility index (Phi) is 8.07. The first-order valence-electron chi connectivity index (χ1n) is 11.5. The third-order valence-corrected chi connectivity index (χ3v) is 7.79. The summed E-state index contributed by atoms with van der Waals surface area (Å²) in [5.41, 5.74) is 2.73. The Morgan fingerprint density at radius 2 is 1.49 bits per heavy atom. The molecule has 3 aromatic rings. The number of rotatable bonds is 9. The molecule has 7 nitrogen and oxygen atoms in total. The maximum Gasteiger partial charge on any atom is 0.338 e. The van der Waals surface area contributed by atoms with Crippen molar-refractivity contribution < 1.29 is 27.5 Å². The van der Waals surface area contributed by atoms with Gasteiger partial charge in [0, 0.05) is 18.7 Å². The van der Waals surface area contributed by atoms with Crippen molar-refractivity contribution in [3.8, 4) is 0 Å². The van der Waals surface area contributed by atoms with E-state index in [4.69, 9.17) is 9.47 Å². The van der Waals surface area contributed by atoms with Gasteiger partial charge in [-0.05, 0) is 54.3 Å². The van der Waals surface area contributed by atoms with E-state index in [1.54, 1.807) is 12.1 Å². The zero-order valence-corrected chi connectivity index (χ0v) is 20.1. The second-order valence-corrected chi connectivity index (χ2v) is 10.1. The maximum absolute atomic E-state index is 12.7. The van der Waals surface area contributed by atoms with Crippen LogP contribution >= 0.6 is 0 Å². The quantitative estimate of drug-likeness (QED) is 0.335. The van der Waals surface area contributed by atoms with E-state index in [1.807, 2.05) is 42.5 Å². The summed E-state index contributed by atoms with van der Waals surface area (Å²) >= 11 is 0. The first-order valence-corrected chi connectivity index (χ1v) is 12.9. The number of benzene rings is 3. The standard InChI is InChI=1S/C27H27NO6S/c29-26(23-12-14-24(15-13-23)35(31,32)28-16-18-33-19-17-28)20-34-27(30)25-9-5-4-8-22(25)11-10-21-6-2-1-3-7-21/h1-9,12-15H,10-11,16-20H2. The highest BCUT2D eigenvalue weighted by atomic mass is 32.2. The minimum atomic E-state index is -3.64. The molecule has 1 aliphatic rings. The second kappa shape index (κ2) is 11.4. The Labute approximate surface area is 205 Å². The van der Waals surface area contributed by atoms with Gasteiger partial charge in [0.2, 0.25) is 10.0 Å². The number of Topliss-reactive ketones (excluding diaryl/α,β-unsaturated/α-hetero) is 1. The number of sulfonamides is 1. The molecule has 0 aliphatic carbocycles. The lowest BCUT2D eigenvalue weighted by molar-refractivity contribution is 0.0473. The van der Waals surface area contributed by atoms with E-state index >= 15 is 0 Å². The van der Waals surface area contributed by atoms with Crippen LogP contribution in [0.15, 0.2) is 83.8 Å². The summed E-state index contributed by atoms with van der Waals surface area (Å²) in [6.45, 7) is 0.881. The van der Waals surface area contributed by atoms with E-state index in [9.17, 15) is 18.0 Å². The highest BCUT2D eigenvalue weighted by molar-refractivity contribution is 7.89. The molecule has 1 fully saturated rings. The molecule has 4 rings (SSSR count). The topological polar surface area (TPSA) is 90.0 Å². The lowest BCUT2D eigenvalue weighted by Gasteiger charge is -2.26. The number of ether oxygens (including phenoxy) is 2. The molecule has 0 spiro atoms. The summed E-state index contributed by atoms with van der Waals surface area (Å²) in [6, 6.07) is 22.9. The Balaban J connectivity index is 1.36. The van der Waals surface area contributed by atoms with Gasteiger partial charge in [-0.25, -0.2) is 13.2 Å². The van der Waals surface area contributed by atoms with Gasteiger partial charge in [-0.15, -0.1) is 0 Å². The van der Waals surface area contributed by atoms with Crippen LogP contribution in [0.1, 0.15) is 31.8 Å². The molecule has 0 radical (unpaired) electrons. The van der Waals surface area contributed by atoms with Crippen molar-refractivity contribution >= 4 is 21.8 Å². The van der Waals surface area contributed by atoms with Crippen LogP contribution in [0.5, 0.6) is 0 Å². The van der Waals surface area contributed by atoms with E-state index < -0.39 is 28.4 Å². The second-order valence-electron chi connectivity index (χ2n) is 8.18.